The fourth-order valence-electron chi connectivity index (χ4n) is 2.22. The number of halogens is 1. The van der Waals surface area contributed by atoms with Crippen molar-refractivity contribution >= 4 is 17.3 Å². The van der Waals surface area contributed by atoms with Crippen LogP contribution in [0.15, 0.2) is 33.6 Å². The summed E-state index contributed by atoms with van der Waals surface area (Å²) in [5.74, 6) is 1.25. The molecule has 23 heavy (non-hydrogen) atoms. The van der Waals surface area contributed by atoms with Crippen molar-refractivity contribution in [1.82, 2.24) is 19.9 Å². The predicted octanol–water partition coefficient (Wildman–Crippen LogP) is 2.49. The second kappa shape index (κ2) is 6.29. The molecule has 0 radical (unpaired) electrons. The zero-order valence-corrected chi connectivity index (χ0v) is 13.5. The van der Waals surface area contributed by atoms with Gasteiger partial charge in [0.15, 0.2) is 0 Å². The molecule has 3 rings (SSSR count). The van der Waals surface area contributed by atoms with Crippen LogP contribution in [0.2, 0.25) is 5.02 Å². The Morgan fingerprint density at radius 3 is 2.70 bits per heavy atom. The molecule has 2 N–H and O–H groups in total. The Kier molecular flexibility index (Phi) is 4.20. The number of rotatable bonds is 5. The Bertz CT molecular complexity index is 843. The Morgan fingerprint density at radius 1 is 1.30 bits per heavy atom. The highest BCUT2D eigenvalue weighted by Gasteiger charge is 2.13. The minimum Gasteiger partial charge on any atom is -0.378 e. The number of aryl methyl sites for hydroxylation is 2. The highest BCUT2D eigenvalue weighted by atomic mass is 35.5. The number of aromatic amines is 1. The monoisotopic (exact) mass is 333 g/mol. The third-order valence-electron chi connectivity index (χ3n) is 3.52. The SMILES string of the molecule is Cc1noc(C)c1Cn1nc(CNc2ccc(Cl)cc2)[nH]c1=O. The molecule has 0 amide bonds. The van der Waals surface area contributed by atoms with Gasteiger partial charge in [-0.25, -0.2) is 9.48 Å². The van der Waals surface area contributed by atoms with Gasteiger partial charge in [-0.3, -0.25) is 4.98 Å². The summed E-state index contributed by atoms with van der Waals surface area (Å²) in [4.78, 5) is 14.7. The van der Waals surface area contributed by atoms with Crippen LogP contribution in [0.4, 0.5) is 5.69 Å². The van der Waals surface area contributed by atoms with Crippen LogP contribution in [-0.2, 0) is 13.1 Å². The molecule has 0 aliphatic carbocycles. The van der Waals surface area contributed by atoms with Gasteiger partial charge in [0.2, 0.25) is 0 Å². The third kappa shape index (κ3) is 3.45. The van der Waals surface area contributed by atoms with Crippen LogP contribution in [0.3, 0.4) is 0 Å². The number of anilines is 1. The number of hydrogen-bond acceptors (Lipinski definition) is 5. The molecule has 2 aromatic heterocycles. The normalized spacial score (nSPS) is 10.9. The minimum atomic E-state index is -0.266. The van der Waals surface area contributed by atoms with E-state index in [1.807, 2.05) is 26.0 Å². The molecular formula is C15H16ClN5O2. The van der Waals surface area contributed by atoms with Crippen LogP contribution in [0.1, 0.15) is 22.8 Å². The first-order valence-corrected chi connectivity index (χ1v) is 7.48. The standard InChI is InChI=1S/C15H16ClN5O2/c1-9-13(10(2)23-20-9)8-21-15(22)18-14(19-21)7-17-12-5-3-11(16)4-6-12/h3-6,17H,7-8H2,1-2H3,(H,18,19,22). The molecule has 8 heteroatoms. The van der Waals surface area contributed by atoms with Crippen molar-refractivity contribution < 1.29 is 4.52 Å². The van der Waals surface area contributed by atoms with Crippen LogP contribution in [-0.4, -0.2) is 19.9 Å². The van der Waals surface area contributed by atoms with Gasteiger partial charge in [0.25, 0.3) is 0 Å². The lowest BCUT2D eigenvalue weighted by Gasteiger charge is -2.03. The van der Waals surface area contributed by atoms with E-state index in [1.165, 1.54) is 4.68 Å². The van der Waals surface area contributed by atoms with Crippen molar-refractivity contribution in [2.24, 2.45) is 0 Å². The van der Waals surface area contributed by atoms with E-state index in [4.69, 9.17) is 16.1 Å². The molecule has 2 heterocycles. The van der Waals surface area contributed by atoms with Gasteiger partial charge < -0.3 is 9.84 Å². The topological polar surface area (TPSA) is 88.7 Å². The summed E-state index contributed by atoms with van der Waals surface area (Å²) < 4.78 is 6.47. The second-order valence-corrected chi connectivity index (χ2v) is 5.63. The first-order valence-electron chi connectivity index (χ1n) is 7.10. The van der Waals surface area contributed by atoms with E-state index in [9.17, 15) is 4.79 Å². The van der Waals surface area contributed by atoms with E-state index in [0.29, 0.717) is 29.7 Å². The van der Waals surface area contributed by atoms with Gasteiger partial charge in [-0.15, -0.1) is 0 Å². The summed E-state index contributed by atoms with van der Waals surface area (Å²) in [6.45, 7) is 4.39. The molecule has 0 atom stereocenters. The van der Waals surface area contributed by atoms with Crippen LogP contribution >= 0.6 is 11.6 Å². The predicted molar refractivity (Wildman–Crippen MR) is 86.7 cm³/mol. The molecule has 0 saturated carbocycles. The maximum Gasteiger partial charge on any atom is 0.343 e. The van der Waals surface area contributed by atoms with Crippen LogP contribution in [0.25, 0.3) is 0 Å². The Labute approximate surface area is 137 Å². The third-order valence-corrected chi connectivity index (χ3v) is 3.77. The summed E-state index contributed by atoms with van der Waals surface area (Å²) in [5, 5.41) is 12.0. The van der Waals surface area contributed by atoms with Crippen molar-refractivity contribution in [3.63, 3.8) is 0 Å². The lowest BCUT2D eigenvalue weighted by Crippen LogP contribution is -2.19. The van der Waals surface area contributed by atoms with Gasteiger partial charge in [-0.2, -0.15) is 5.10 Å². The molecule has 120 valence electrons. The average molecular weight is 334 g/mol. The van der Waals surface area contributed by atoms with Gasteiger partial charge in [0.05, 0.1) is 18.8 Å². The van der Waals surface area contributed by atoms with E-state index in [-0.39, 0.29) is 5.69 Å². The van der Waals surface area contributed by atoms with E-state index < -0.39 is 0 Å². The van der Waals surface area contributed by atoms with Crippen molar-refractivity contribution in [2.75, 3.05) is 5.32 Å². The first-order chi connectivity index (χ1) is 11.0. The zero-order valence-electron chi connectivity index (χ0n) is 12.8. The molecule has 0 aliphatic rings. The van der Waals surface area contributed by atoms with Gasteiger partial charge in [-0.1, -0.05) is 16.8 Å². The van der Waals surface area contributed by atoms with Gasteiger partial charge in [-0.05, 0) is 38.1 Å². The number of hydrogen-bond donors (Lipinski definition) is 2. The number of aromatic nitrogens is 4. The number of nitrogens with zero attached hydrogens (tertiary/aromatic N) is 3. The quantitative estimate of drug-likeness (QED) is 0.748. The number of benzene rings is 1. The van der Waals surface area contributed by atoms with Crippen molar-refractivity contribution in [1.29, 1.82) is 0 Å². The maximum absolute atomic E-state index is 12.0. The molecule has 3 aromatic rings. The fourth-order valence-corrected chi connectivity index (χ4v) is 2.35. The smallest absolute Gasteiger partial charge is 0.343 e. The van der Waals surface area contributed by atoms with E-state index in [1.54, 1.807) is 12.1 Å². The lowest BCUT2D eigenvalue weighted by molar-refractivity contribution is 0.391. The summed E-state index contributed by atoms with van der Waals surface area (Å²) in [7, 11) is 0. The minimum absolute atomic E-state index is 0.266. The van der Waals surface area contributed by atoms with Crippen LogP contribution < -0.4 is 11.0 Å². The summed E-state index contributed by atoms with van der Waals surface area (Å²) in [6, 6.07) is 7.31. The Hall–Kier alpha value is -2.54. The van der Waals surface area contributed by atoms with E-state index >= 15 is 0 Å². The van der Waals surface area contributed by atoms with Crippen LogP contribution in [0.5, 0.6) is 0 Å². The van der Waals surface area contributed by atoms with Gasteiger partial charge in [0, 0.05) is 16.3 Å². The molecule has 0 spiro atoms. The van der Waals surface area contributed by atoms with E-state index in [0.717, 1.165) is 16.9 Å². The molecule has 0 unspecified atom stereocenters. The molecule has 0 aliphatic heterocycles. The largest absolute Gasteiger partial charge is 0.378 e. The average Bonchev–Trinajstić information content (AvgIpc) is 3.04. The van der Waals surface area contributed by atoms with Crippen LogP contribution in [0, 0.1) is 13.8 Å². The second-order valence-electron chi connectivity index (χ2n) is 5.20. The lowest BCUT2D eigenvalue weighted by atomic mass is 10.2. The highest BCUT2D eigenvalue weighted by Crippen LogP contribution is 2.14. The Balaban J connectivity index is 1.71. The Morgan fingerprint density at radius 2 is 2.04 bits per heavy atom. The summed E-state index contributed by atoms with van der Waals surface area (Å²) in [6.07, 6.45) is 0. The van der Waals surface area contributed by atoms with Gasteiger partial charge in [0.1, 0.15) is 11.6 Å². The maximum atomic E-state index is 12.0. The van der Waals surface area contributed by atoms with Crippen molar-refractivity contribution in [2.45, 2.75) is 26.9 Å². The fraction of sp³-hybridized carbons (Fsp3) is 0.267. The zero-order chi connectivity index (χ0) is 16.4. The summed E-state index contributed by atoms with van der Waals surface area (Å²) in [5.41, 5.74) is 2.27. The van der Waals surface area contributed by atoms with Crippen molar-refractivity contribution in [3.05, 3.63) is 62.6 Å². The molecule has 0 fully saturated rings. The highest BCUT2D eigenvalue weighted by molar-refractivity contribution is 6.30. The number of H-pyrrole nitrogens is 1. The molecule has 0 bridgehead atoms. The summed E-state index contributed by atoms with van der Waals surface area (Å²) >= 11 is 5.84. The molecule has 0 saturated heterocycles. The van der Waals surface area contributed by atoms with E-state index in [2.05, 4.69) is 20.6 Å². The first kappa shape index (κ1) is 15.4. The molecular weight excluding hydrogens is 318 g/mol. The molecule has 1 aromatic carbocycles. The van der Waals surface area contributed by atoms with Gasteiger partial charge >= 0.3 is 5.69 Å². The number of nitrogens with one attached hydrogen (secondary N) is 2. The molecule has 7 nitrogen and oxygen atoms in total. The van der Waals surface area contributed by atoms with Crippen molar-refractivity contribution in [3.8, 4) is 0 Å².